The fourth-order valence-electron chi connectivity index (χ4n) is 3.33. The smallest absolute Gasteiger partial charge is 0.324 e. The largest absolute Gasteiger partial charge is 0.328 e. The Kier molecular flexibility index (Phi) is 23.2. The van der Waals surface area contributed by atoms with Gasteiger partial charge in [-0.15, -0.1) is 0 Å². The molecular formula is C20H43NdO3P. The molecule has 0 aliphatic rings. The van der Waals surface area contributed by atoms with Crippen LogP contribution in [0.3, 0.4) is 0 Å². The zero-order chi connectivity index (χ0) is 18.1. The van der Waals surface area contributed by atoms with Gasteiger partial charge in [-0.2, -0.15) is 0 Å². The molecular weight excluding hydrogens is 463 g/mol. The van der Waals surface area contributed by atoms with Crippen LogP contribution in [0.5, 0.6) is 0 Å². The Morgan fingerprint density at radius 1 is 0.600 bits per heavy atom. The van der Waals surface area contributed by atoms with Crippen molar-refractivity contribution in [2.75, 3.05) is 0 Å². The summed E-state index contributed by atoms with van der Waals surface area (Å²) in [5.74, 6) is 0. The Morgan fingerprint density at radius 2 is 0.880 bits per heavy atom. The third-order valence-electron chi connectivity index (χ3n) is 5.01. The molecule has 0 aliphatic heterocycles. The van der Waals surface area contributed by atoms with Crippen molar-refractivity contribution in [1.29, 1.82) is 0 Å². The summed E-state index contributed by atoms with van der Waals surface area (Å²) in [5, 5.41) is 0. The molecule has 25 heavy (non-hydrogen) atoms. The van der Waals surface area contributed by atoms with Gasteiger partial charge in [0.25, 0.3) is 0 Å². The molecule has 0 saturated heterocycles. The molecule has 0 aliphatic carbocycles. The van der Waals surface area contributed by atoms with Crippen LogP contribution in [0.2, 0.25) is 0 Å². The van der Waals surface area contributed by atoms with Crippen LogP contribution in [0, 0.1) is 40.8 Å². The first-order valence-corrected chi connectivity index (χ1v) is 12.3. The summed E-state index contributed by atoms with van der Waals surface area (Å²) in [4.78, 5) is 19.1. The van der Waals surface area contributed by atoms with Crippen molar-refractivity contribution in [2.24, 2.45) is 0 Å². The Bertz CT molecular complexity index is 307. The van der Waals surface area contributed by atoms with Crippen molar-refractivity contribution in [2.45, 2.75) is 129 Å². The summed E-state index contributed by atoms with van der Waals surface area (Å²) in [6.07, 6.45) is 19.7. The van der Waals surface area contributed by atoms with Gasteiger partial charge in [0.15, 0.2) is 0 Å². The predicted octanol–water partition coefficient (Wildman–Crippen LogP) is 7.20. The summed E-state index contributed by atoms with van der Waals surface area (Å²) in [6, 6.07) is 0. The summed E-state index contributed by atoms with van der Waals surface area (Å²) < 4.78 is 11.7. The van der Waals surface area contributed by atoms with Crippen molar-refractivity contribution in [3.05, 3.63) is 0 Å². The van der Waals surface area contributed by atoms with Crippen molar-refractivity contribution in [1.82, 2.24) is 0 Å². The van der Waals surface area contributed by atoms with E-state index < -0.39 is 13.3 Å². The average molecular weight is 507 g/mol. The Morgan fingerprint density at radius 3 is 1.16 bits per heavy atom. The zero-order valence-electron chi connectivity index (χ0n) is 16.8. The molecule has 5 heteroatoms. The first-order valence-electron chi connectivity index (χ1n) is 10.6. The molecule has 150 valence electrons. The van der Waals surface area contributed by atoms with Gasteiger partial charge in [-0.1, -0.05) is 110 Å². The van der Waals surface area contributed by atoms with Gasteiger partial charge in [0.2, 0.25) is 0 Å². The molecule has 0 aromatic heterocycles. The van der Waals surface area contributed by atoms with E-state index in [1.807, 2.05) is 0 Å². The minimum Gasteiger partial charge on any atom is -0.324 e. The van der Waals surface area contributed by atoms with Crippen LogP contribution in [0.15, 0.2) is 0 Å². The SMILES string of the molecule is CCCCCCCCCCC(CCCCCCCCC)P(=O)(O)O.[Nd]. The van der Waals surface area contributed by atoms with Gasteiger partial charge < -0.3 is 9.79 Å². The normalized spacial score (nSPS) is 12.8. The van der Waals surface area contributed by atoms with E-state index >= 15 is 0 Å². The summed E-state index contributed by atoms with van der Waals surface area (Å²) in [7, 11) is -3.91. The second-order valence-corrected chi connectivity index (χ2v) is 9.32. The monoisotopic (exact) mass is 504 g/mol. The molecule has 0 spiro atoms. The number of unbranched alkanes of at least 4 members (excludes halogenated alkanes) is 13. The van der Waals surface area contributed by atoms with E-state index in [2.05, 4.69) is 13.8 Å². The molecule has 0 heterocycles. The van der Waals surface area contributed by atoms with Crippen molar-refractivity contribution < 1.29 is 55.2 Å². The third-order valence-corrected chi connectivity index (χ3v) is 6.48. The van der Waals surface area contributed by atoms with Crippen molar-refractivity contribution >= 4 is 7.60 Å². The number of rotatable bonds is 18. The minimum atomic E-state index is -3.91. The Labute approximate surface area is 190 Å². The quantitative estimate of drug-likeness (QED) is 0.153. The molecule has 0 rings (SSSR count). The second-order valence-electron chi connectivity index (χ2n) is 7.42. The van der Waals surface area contributed by atoms with Gasteiger partial charge >= 0.3 is 7.60 Å². The maximum Gasteiger partial charge on any atom is 0.328 e. The molecule has 0 amide bonds. The van der Waals surface area contributed by atoms with Gasteiger partial charge in [-0.3, -0.25) is 4.57 Å². The Hall–Kier alpha value is 1.50. The van der Waals surface area contributed by atoms with E-state index in [4.69, 9.17) is 0 Å². The summed E-state index contributed by atoms with van der Waals surface area (Å²) >= 11 is 0. The molecule has 0 bridgehead atoms. The van der Waals surface area contributed by atoms with E-state index in [1.165, 1.54) is 70.6 Å². The van der Waals surface area contributed by atoms with Gasteiger partial charge in [0.1, 0.15) is 0 Å². The van der Waals surface area contributed by atoms with Crippen LogP contribution >= 0.6 is 7.60 Å². The predicted molar refractivity (Wildman–Crippen MR) is 106 cm³/mol. The first-order chi connectivity index (χ1) is 11.5. The van der Waals surface area contributed by atoms with E-state index in [9.17, 15) is 14.4 Å². The number of hydrogen-bond donors (Lipinski definition) is 2. The molecule has 3 nitrogen and oxygen atoms in total. The molecule has 0 aromatic rings. The van der Waals surface area contributed by atoms with Crippen molar-refractivity contribution in [3.8, 4) is 0 Å². The van der Waals surface area contributed by atoms with Gasteiger partial charge in [-0.25, -0.2) is 0 Å². The third kappa shape index (κ3) is 20.1. The molecule has 0 fully saturated rings. The van der Waals surface area contributed by atoms with Crippen LogP contribution in [-0.2, 0) is 4.57 Å². The summed E-state index contributed by atoms with van der Waals surface area (Å²) in [5.41, 5.74) is -0.395. The van der Waals surface area contributed by atoms with Crippen LogP contribution < -0.4 is 0 Å². The zero-order valence-corrected chi connectivity index (χ0v) is 21.0. The molecule has 1 unspecified atom stereocenters. The van der Waals surface area contributed by atoms with Crippen LogP contribution in [0.1, 0.15) is 123 Å². The van der Waals surface area contributed by atoms with E-state index in [0.29, 0.717) is 12.8 Å². The molecule has 2 N–H and O–H groups in total. The summed E-state index contributed by atoms with van der Waals surface area (Å²) in [6.45, 7) is 4.45. The van der Waals surface area contributed by atoms with Crippen molar-refractivity contribution in [3.63, 3.8) is 0 Å². The molecule has 0 saturated carbocycles. The Balaban J connectivity index is 0. The van der Waals surface area contributed by atoms with Crippen LogP contribution in [0.25, 0.3) is 0 Å². The average Bonchev–Trinajstić information content (AvgIpc) is 2.53. The molecule has 0 aromatic carbocycles. The van der Waals surface area contributed by atoms with Gasteiger partial charge in [0.05, 0.1) is 5.66 Å². The molecule has 1 atom stereocenters. The first kappa shape index (κ1) is 28.7. The standard InChI is InChI=1S/C20H43O3P.Nd/c1-3-5-7-9-11-13-15-17-19-20(24(21,22)23)18-16-14-12-10-8-6-4-2;/h20H,3-19H2,1-2H3,(H2,21,22,23);. The van der Waals surface area contributed by atoms with Gasteiger partial charge in [-0.05, 0) is 12.8 Å². The van der Waals surface area contributed by atoms with Crippen LogP contribution in [0.4, 0.5) is 0 Å². The second kappa shape index (κ2) is 20.2. The van der Waals surface area contributed by atoms with Gasteiger partial charge in [0, 0.05) is 40.8 Å². The van der Waals surface area contributed by atoms with Crippen LogP contribution in [-0.4, -0.2) is 15.4 Å². The maximum atomic E-state index is 11.7. The van der Waals surface area contributed by atoms with E-state index in [-0.39, 0.29) is 40.8 Å². The van der Waals surface area contributed by atoms with E-state index in [0.717, 1.165) is 25.7 Å². The number of hydrogen-bond acceptors (Lipinski definition) is 1. The fraction of sp³-hybridized carbons (Fsp3) is 1.00. The van der Waals surface area contributed by atoms with E-state index in [1.54, 1.807) is 0 Å². The molecule has 0 radical (unpaired) electrons. The fourth-order valence-corrected chi connectivity index (χ4v) is 4.37. The maximum absolute atomic E-state index is 11.7. The topological polar surface area (TPSA) is 57.5 Å². The minimum absolute atomic E-state index is 0.